The van der Waals surface area contributed by atoms with Gasteiger partial charge in [0, 0.05) is 6.54 Å². The van der Waals surface area contributed by atoms with Crippen LogP contribution in [-0.4, -0.2) is 51.2 Å². The van der Waals surface area contributed by atoms with Gasteiger partial charge >= 0.3 is 0 Å². The molecule has 0 saturated heterocycles. The topological polar surface area (TPSA) is 85.1 Å². The molecule has 0 radical (unpaired) electrons. The van der Waals surface area contributed by atoms with E-state index < -0.39 is 0 Å². The standard InChI is InChI=1S/C17H21N5O2/c1-12-3-4-14(9-13(12)2)22-17-15(10-21-22)16(19-11-20-17)18-5-7-24-8-6-23/h3-4,9-11,23H,5-8H2,1-2H3,(H,18,19,20). The van der Waals surface area contributed by atoms with E-state index in [1.54, 1.807) is 6.20 Å². The van der Waals surface area contributed by atoms with Gasteiger partial charge in [0.15, 0.2) is 5.65 Å². The maximum Gasteiger partial charge on any atom is 0.168 e. The third-order valence-corrected chi connectivity index (χ3v) is 3.88. The molecular formula is C17H21N5O2. The summed E-state index contributed by atoms with van der Waals surface area (Å²) < 4.78 is 7.06. The number of anilines is 1. The van der Waals surface area contributed by atoms with Crippen molar-refractivity contribution in [1.82, 2.24) is 19.7 Å². The Labute approximate surface area is 140 Å². The van der Waals surface area contributed by atoms with Gasteiger partial charge in [0.25, 0.3) is 0 Å². The first-order valence-corrected chi connectivity index (χ1v) is 7.89. The van der Waals surface area contributed by atoms with Crippen LogP contribution in [0, 0.1) is 13.8 Å². The van der Waals surface area contributed by atoms with Crippen LogP contribution in [0.2, 0.25) is 0 Å². The van der Waals surface area contributed by atoms with E-state index in [0.29, 0.717) is 19.8 Å². The highest BCUT2D eigenvalue weighted by Crippen LogP contribution is 2.22. The van der Waals surface area contributed by atoms with Crippen LogP contribution in [0.15, 0.2) is 30.7 Å². The Morgan fingerprint density at radius 2 is 2.04 bits per heavy atom. The SMILES string of the molecule is Cc1ccc(-n2ncc3c(NCCOCCO)ncnc32)cc1C. The lowest BCUT2D eigenvalue weighted by Gasteiger charge is -2.08. The van der Waals surface area contributed by atoms with Crippen molar-refractivity contribution in [1.29, 1.82) is 0 Å². The van der Waals surface area contributed by atoms with E-state index in [-0.39, 0.29) is 6.61 Å². The van der Waals surface area contributed by atoms with E-state index in [9.17, 15) is 0 Å². The van der Waals surface area contributed by atoms with E-state index >= 15 is 0 Å². The number of hydrogen-bond donors (Lipinski definition) is 2. The maximum absolute atomic E-state index is 8.69. The number of aryl methyl sites for hydroxylation is 2. The first kappa shape index (κ1) is 16.4. The number of ether oxygens (including phenoxy) is 1. The molecule has 0 unspecified atom stereocenters. The summed E-state index contributed by atoms with van der Waals surface area (Å²) in [5.74, 6) is 0.725. The zero-order valence-corrected chi connectivity index (χ0v) is 13.9. The average molecular weight is 327 g/mol. The Hall–Kier alpha value is -2.51. The monoisotopic (exact) mass is 327 g/mol. The average Bonchev–Trinajstić information content (AvgIpc) is 3.02. The van der Waals surface area contributed by atoms with Crippen molar-refractivity contribution in [3.63, 3.8) is 0 Å². The van der Waals surface area contributed by atoms with Crippen molar-refractivity contribution in [2.75, 3.05) is 31.7 Å². The predicted octanol–water partition coefficient (Wildman–Crippen LogP) is 1.85. The van der Waals surface area contributed by atoms with Gasteiger partial charge in [0.1, 0.15) is 12.1 Å². The second kappa shape index (κ2) is 7.37. The van der Waals surface area contributed by atoms with E-state index in [4.69, 9.17) is 9.84 Å². The minimum absolute atomic E-state index is 0.0283. The smallest absolute Gasteiger partial charge is 0.168 e. The molecule has 0 saturated carbocycles. The van der Waals surface area contributed by atoms with Crippen LogP contribution in [0.1, 0.15) is 11.1 Å². The number of aliphatic hydroxyl groups is 1. The molecule has 0 aliphatic heterocycles. The summed E-state index contributed by atoms with van der Waals surface area (Å²) in [7, 11) is 0. The van der Waals surface area contributed by atoms with Crippen LogP contribution >= 0.6 is 0 Å². The molecule has 24 heavy (non-hydrogen) atoms. The third kappa shape index (κ3) is 3.37. The maximum atomic E-state index is 8.69. The molecule has 0 fully saturated rings. The number of aromatic nitrogens is 4. The number of nitrogens with one attached hydrogen (secondary N) is 1. The van der Waals surface area contributed by atoms with Crippen molar-refractivity contribution in [2.24, 2.45) is 0 Å². The van der Waals surface area contributed by atoms with Crippen molar-refractivity contribution in [2.45, 2.75) is 13.8 Å². The van der Waals surface area contributed by atoms with E-state index in [2.05, 4.69) is 46.4 Å². The van der Waals surface area contributed by atoms with Gasteiger partial charge in [-0.1, -0.05) is 6.07 Å². The molecule has 2 heterocycles. The van der Waals surface area contributed by atoms with Crippen molar-refractivity contribution < 1.29 is 9.84 Å². The summed E-state index contributed by atoms with van der Waals surface area (Å²) in [4.78, 5) is 8.66. The first-order valence-electron chi connectivity index (χ1n) is 7.89. The molecule has 0 aliphatic carbocycles. The Kier molecular flexibility index (Phi) is 5.02. The molecule has 0 amide bonds. The fraction of sp³-hybridized carbons (Fsp3) is 0.353. The molecule has 7 nitrogen and oxygen atoms in total. The molecule has 0 bridgehead atoms. The van der Waals surface area contributed by atoms with Gasteiger partial charge in [0.05, 0.1) is 37.1 Å². The Bertz CT molecular complexity index is 831. The molecule has 126 valence electrons. The number of fused-ring (bicyclic) bond motifs is 1. The molecule has 3 rings (SSSR count). The minimum atomic E-state index is 0.0283. The molecular weight excluding hydrogens is 306 g/mol. The molecule has 0 spiro atoms. The molecule has 0 atom stereocenters. The lowest BCUT2D eigenvalue weighted by molar-refractivity contribution is 0.0992. The van der Waals surface area contributed by atoms with Crippen LogP contribution in [-0.2, 0) is 4.74 Å². The van der Waals surface area contributed by atoms with E-state index in [1.807, 2.05) is 10.7 Å². The van der Waals surface area contributed by atoms with Crippen molar-refractivity contribution in [3.05, 3.63) is 41.9 Å². The van der Waals surface area contributed by atoms with Gasteiger partial charge in [-0.2, -0.15) is 5.10 Å². The fourth-order valence-corrected chi connectivity index (χ4v) is 2.44. The third-order valence-electron chi connectivity index (χ3n) is 3.88. The fourth-order valence-electron chi connectivity index (χ4n) is 2.44. The van der Waals surface area contributed by atoms with Crippen LogP contribution in [0.4, 0.5) is 5.82 Å². The summed E-state index contributed by atoms with van der Waals surface area (Å²) in [5, 5.41) is 17.2. The summed E-state index contributed by atoms with van der Waals surface area (Å²) >= 11 is 0. The van der Waals surface area contributed by atoms with Crippen molar-refractivity contribution in [3.8, 4) is 5.69 Å². The van der Waals surface area contributed by atoms with Crippen LogP contribution in [0.5, 0.6) is 0 Å². The zero-order valence-electron chi connectivity index (χ0n) is 13.9. The second-order valence-corrected chi connectivity index (χ2v) is 5.55. The summed E-state index contributed by atoms with van der Waals surface area (Å²) in [6, 6.07) is 6.21. The normalized spacial score (nSPS) is 11.1. The molecule has 1 aromatic carbocycles. The second-order valence-electron chi connectivity index (χ2n) is 5.55. The Balaban J connectivity index is 1.84. The number of nitrogens with zero attached hydrogens (tertiary/aromatic N) is 4. The highest BCUT2D eigenvalue weighted by Gasteiger charge is 2.11. The summed E-state index contributed by atoms with van der Waals surface area (Å²) in [5.41, 5.74) is 4.19. The van der Waals surface area contributed by atoms with E-state index in [0.717, 1.165) is 22.5 Å². The number of hydrogen-bond acceptors (Lipinski definition) is 6. The van der Waals surface area contributed by atoms with Gasteiger partial charge in [-0.05, 0) is 37.1 Å². The lowest BCUT2D eigenvalue weighted by Crippen LogP contribution is -2.12. The van der Waals surface area contributed by atoms with Gasteiger partial charge in [-0.25, -0.2) is 14.6 Å². The minimum Gasteiger partial charge on any atom is -0.394 e. The van der Waals surface area contributed by atoms with Crippen LogP contribution < -0.4 is 5.32 Å². The van der Waals surface area contributed by atoms with Crippen LogP contribution in [0.25, 0.3) is 16.7 Å². The van der Waals surface area contributed by atoms with Gasteiger partial charge in [0.2, 0.25) is 0 Å². The largest absolute Gasteiger partial charge is 0.394 e. The van der Waals surface area contributed by atoms with Crippen molar-refractivity contribution >= 4 is 16.9 Å². The molecule has 0 aliphatic rings. The summed E-state index contributed by atoms with van der Waals surface area (Å²) in [6.07, 6.45) is 3.29. The number of benzene rings is 1. The lowest BCUT2D eigenvalue weighted by atomic mass is 10.1. The number of aliphatic hydroxyl groups excluding tert-OH is 1. The molecule has 3 aromatic rings. The highest BCUT2D eigenvalue weighted by molar-refractivity contribution is 5.87. The van der Waals surface area contributed by atoms with E-state index in [1.165, 1.54) is 17.5 Å². The van der Waals surface area contributed by atoms with Gasteiger partial charge in [-0.3, -0.25) is 0 Å². The predicted molar refractivity (Wildman–Crippen MR) is 92.5 cm³/mol. The molecule has 2 aromatic heterocycles. The Morgan fingerprint density at radius 1 is 1.17 bits per heavy atom. The van der Waals surface area contributed by atoms with Gasteiger partial charge in [-0.15, -0.1) is 0 Å². The molecule has 7 heteroatoms. The highest BCUT2D eigenvalue weighted by atomic mass is 16.5. The quantitative estimate of drug-likeness (QED) is 0.644. The summed E-state index contributed by atoms with van der Waals surface area (Å²) in [6.45, 7) is 5.63. The first-order chi connectivity index (χ1) is 11.7. The Morgan fingerprint density at radius 3 is 2.83 bits per heavy atom. The number of rotatable bonds is 7. The molecule has 2 N–H and O–H groups in total. The van der Waals surface area contributed by atoms with Crippen LogP contribution in [0.3, 0.4) is 0 Å². The van der Waals surface area contributed by atoms with Gasteiger partial charge < -0.3 is 15.2 Å². The zero-order chi connectivity index (χ0) is 16.9.